The van der Waals surface area contributed by atoms with Gasteiger partial charge in [0.2, 0.25) is 0 Å². The van der Waals surface area contributed by atoms with Crippen LogP contribution in [0.5, 0.6) is 0 Å². The summed E-state index contributed by atoms with van der Waals surface area (Å²) in [5.41, 5.74) is 0. The molecule has 18 heavy (non-hydrogen) atoms. The van der Waals surface area contributed by atoms with Crippen LogP contribution in [-0.4, -0.2) is 52.5 Å². The Morgan fingerprint density at radius 3 is 2.78 bits per heavy atom. The molecule has 1 heterocycles. The van der Waals surface area contributed by atoms with Gasteiger partial charge in [-0.2, -0.15) is 0 Å². The van der Waals surface area contributed by atoms with Gasteiger partial charge in [0.05, 0.1) is 18.7 Å². The number of ether oxygens (including phenoxy) is 1. The number of rotatable bonds is 5. The number of aryl methyl sites for hydroxylation is 1. The number of hydrogen-bond acceptors (Lipinski definition) is 4. The molecule has 1 aromatic heterocycles. The Balaban J connectivity index is 2.57. The third-order valence-corrected chi connectivity index (χ3v) is 2.86. The van der Waals surface area contributed by atoms with Gasteiger partial charge < -0.3 is 19.5 Å². The number of likely N-dealkylation sites (N-methyl/N-ethyl adjacent to an activating group) is 1. The second-order valence-corrected chi connectivity index (χ2v) is 4.39. The van der Waals surface area contributed by atoms with Gasteiger partial charge in [-0.05, 0) is 13.8 Å². The second-order valence-electron chi connectivity index (χ2n) is 4.39. The van der Waals surface area contributed by atoms with Crippen LogP contribution in [0.3, 0.4) is 0 Å². The van der Waals surface area contributed by atoms with Crippen molar-refractivity contribution < 1.29 is 9.53 Å². The van der Waals surface area contributed by atoms with Gasteiger partial charge in [-0.3, -0.25) is 0 Å². The van der Waals surface area contributed by atoms with Crippen LogP contribution in [0.15, 0.2) is 6.33 Å². The van der Waals surface area contributed by atoms with Gasteiger partial charge in [0.1, 0.15) is 6.33 Å². The van der Waals surface area contributed by atoms with Gasteiger partial charge in [-0.25, -0.2) is 4.79 Å². The second kappa shape index (κ2) is 6.34. The maximum atomic E-state index is 12.0. The lowest BCUT2D eigenvalue weighted by Crippen LogP contribution is -2.45. The quantitative estimate of drug-likeness (QED) is 0.834. The summed E-state index contributed by atoms with van der Waals surface area (Å²) in [4.78, 5) is 13.6. The number of amides is 2. The molecule has 1 rings (SSSR count). The topological polar surface area (TPSA) is 72.3 Å². The van der Waals surface area contributed by atoms with Crippen molar-refractivity contribution in [3.63, 3.8) is 0 Å². The van der Waals surface area contributed by atoms with Crippen molar-refractivity contribution in [2.24, 2.45) is 7.05 Å². The fourth-order valence-corrected chi connectivity index (χ4v) is 1.59. The van der Waals surface area contributed by atoms with E-state index in [1.165, 1.54) is 0 Å². The molecule has 0 fully saturated rings. The summed E-state index contributed by atoms with van der Waals surface area (Å²) in [6.07, 6.45) is 1.61. The van der Waals surface area contributed by atoms with Gasteiger partial charge in [0, 0.05) is 21.2 Å². The lowest BCUT2D eigenvalue weighted by molar-refractivity contribution is 0.122. The average molecular weight is 255 g/mol. The van der Waals surface area contributed by atoms with E-state index in [-0.39, 0.29) is 18.1 Å². The van der Waals surface area contributed by atoms with E-state index in [4.69, 9.17) is 4.74 Å². The largest absolute Gasteiger partial charge is 0.383 e. The summed E-state index contributed by atoms with van der Waals surface area (Å²) >= 11 is 0. The highest BCUT2D eigenvalue weighted by Crippen LogP contribution is 2.08. The van der Waals surface area contributed by atoms with Gasteiger partial charge in [0.25, 0.3) is 0 Å². The van der Waals surface area contributed by atoms with E-state index in [0.29, 0.717) is 6.61 Å². The zero-order chi connectivity index (χ0) is 13.7. The number of urea groups is 1. The maximum Gasteiger partial charge on any atom is 0.318 e. The molecular weight excluding hydrogens is 234 g/mol. The fourth-order valence-electron chi connectivity index (χ4n) is 1.59. The van der Waals surface area contributed by atoms with Crippen LogP contribution in [0.1, 0.15) is 25.7 Å². The number of hydrogen-bond donors (Lipinski definition) is 1. The molecule has 0 spiro atoms. The zero-order valence-electron chi connectivity index (χ0n) is 11.5. The van der Waals surface area contributed by atoms with Crippen LogP contribution in [0.2, 0.25) is 0 Å². The first-order valence-corrected chi connectivity index (χ1v) is 5.83. The standard InChI is InChI=1S/C11H21N5O2/c1-8(6-18-5)16(4)11(17)13-9(2)10-14-12-7-15(10)3/h7-9H,6H2,1-5H3,(H,13,17). The highest BCUT2D eigenvalue weighted by molar-refractivity contribution is 5.74. The third kappa shape index (κ3) is 3.43. The molecule has 7 nitrogen and oxygen atoms in total. The number of aromatic nitrogens is 3. The molecule has 0 aliphatic carbocycles. The van der Waals surface area contributed by atoms with Crippen LogP contribution in [0.25, 0.3) is 0 Å². The Hall–Kier alpha value is -1.63. The Morgan fingerprint density at radius 2 is 2.28 bits per heavy atom. The molecule has 0 aromatic carbocycles. The van der Waals surface area contributed by atoms with E-state index in [1.807, 2.05) is 20.9 Å². The Labute approximate surface area is 107 Å². The molecule has 0 saturated carbocycles. The molecule has 0 bridgehead atoms. The van der Waals surface area contributed by atoms with E-state index in [1.54, 1.807) is 30.0 Å². The Morgan fingerprint density at radius 1 is 1.61 bits per heavy atom. The van der Waals surface area contributed by atoms with Crippen LogP contribution in [0, 0.1) is 0 Å². The molecule has 1 N–H and O–H groups in total. The number of methoxy groups -OCH3 is 1. The number of carbonyl (C=O) groups is 1. The van der Waals surface area contributed by atoms with Crippen LogP contribution < -0.4 is 5.32 Å². The van der Waals surface area contributed by atoms with E-state index < -0.39 is 0 Å². The molecule has 0 radical (unpaired) electrons. The predicted octanol–water partition coefficient (Wildman–Crippen LogP) is 0.552. The Kier molecular flexibility index (Phi) is 5.08. The van der Waals surface area contributed by atoms with Crippen molar-refractivity contribution in [1.82, 2.24) is 25.0 Å². The summed E-state index contributed by atoms with van der Waals surface area (Å²) in [7, 11) is 5.20. The first-order valence-electron chi connectivity index (χ1n) is 5.83. The minimum atomic E-state index is -0.192. The minimum absolute atomic E-state index is 0.0155. The van der Waals surface area contributed by atoms with Crippen LogP contribution in [-0.2, 0) is 11.8 Å². The molecule has 7 heteroatoms. The Bertz CT molecular complexity index is 393. The molecule has 0 aliphatic heterocycles. The number of nitrogens with zero attached hydrogens (tertiary/aromatic N) is 4. The lowest BCUT2D eigenvalue weighted by Gasteiger charge is -2.26. The van der Waals surface area contributed by atoms with Crippen LogP contribution in [0.4, 0.5) is 4.79 Å². The molecule has 2 amide bonds. The highest BCUT2D eigenvalue weighted by Gasteiger charge is 2.19. The van der Waals surface area contributed by atoms with Crippen molar-refractivity contribution in [3.05, 3.63) is 12.2 Å². The molecule has 0 aliphatic rings. The van der Waals surface area contributed by atoms with E-state index in [2.05, 4.69) is 15.5 Å². The van der Waals surface area contributed by atoms with E-state index in [9.17, 15) is 4.79 Å². The summed E-state index contributed by atoms with van der Waals surface area (Å²) in [5.74, 6) is 0.719. The predicted molar refractivity (Wildman–Crippen MR) is 67.1 cm³/mol. The SMILES string of the molecule is COCC(C)N(C)C(=O)NC(C)c1nncn1C. The summed E-state index contributed by atoms with van der Waals surface area (Å²) in [6, 6.07) is -0.334. The van der Waals surface area contributed by atoms with Crippen molar-refractivity contribution in [2.45, 2.75) is 25.9 Å². The summed E-state index contributed by atoms with van der Waals surface area (Å²) < 4.78 is 6.80. The van der Waals surface area contributed by atoms with Crippen LogP contribution >= 0.6 is 0 Å². The minimum Gasteiger partial charge on any atom is -0.383 e. The number of carbonyl (C=O) groups excluding carboxylic acids is 1. The first kappa shape index (κ1) is 14.4. The smallest absolute Gasteiger partial charge is 0.318 e. The van der Waals surface area contributed by atoms with E-state index in [0.717, 1.165) is 5.82 Å². The molecule has 0 saturated heterocycles. The molecule has 1 aromatic rings. The van der Waals surface area contributed by atoms with Gasteiger partial charge in [-0.1, -0.05) is 0 Å². The van der Waals surface area contributed by atoms with Gasteiger partial charge in [0.15, 0.2) is 5.82 Å². The number of nitrogens with one attached hydrogen (secondary N) is 1. The van der Waals surface area contributed by atoms with Crippen molar-refractivity contribution >= 4 is 6.03 Å². The summed E-state index contributed by atoms with van der Waals surface area (Å²) in [6.45, 7) is 4.30. The van der Waals surface area contributed by atoms with Crippen molar-refractivity contribution in [3.8, 4) is 0 Å². The highest BCUT2D eigenvalue weighted by atomic mass is 16.5. The molecular formula is C11H21N5O2. The fraction of sp³-hybridized carbons (Fsp3) is 0.727. The van der Waals surface area contributed by atoms with Crippen molar-refractivity contribution in [2.75, 3.05) is 20.8 Å². The summed E-state index contributed by atoms with van der Waals surface area (Å²) in [5, 5.41) is 10.6. The molecule has 2 unspecified atom stereocenters. The van der Waals surface area contributed by atoms with E-state index >= 15 is 0 Å². The monoisotopic (exact) mass is 255 g/mol. The third-order valence-electron chi connectivity index (χ3n) is 2.86. The van der Waals surface area contributed by atoms with Crippen molar-refractivity contribution in [1.29, 1.82) is 0 Å². The first-order chi connectivity index (χ1) is 8.47. The lowest BCUT2D eigenvalue weighted by atomic mass is 10.3. The maximum absolute atomic E-state index is 12.0. The molecule has 2 atom stereocenters. The van der Waals surface area contributed by atoms with Gasteiger partial charge >= 0.3 is 6.03 Å². The molecule has 102 valence electrons. The van der Waals surface area contributed by atoms with Gasteiger partial charge in [-0.15, -0.1) is 10.2 Å². The average Bonchev–Trinajstić information content (AvgIpc) is 2.74. The zero-order valence-corrected chi connectivity index (χ0v) is 11.5. The normalized spacial score (nSPS) is 14.1.